The minimum absolute atomic E-state index is 0.192. The zero-order chi connectivity index (χ0) is 25.1. The maximum atomic E-state index is 13.5. The largest absolute Gasteiger partial charge is 0.408 e. The molecule has 3 aromatic heterocycles. The molecule has 0 spiro atoms. The first-order chi connectivity index (χ1) is 16.5. The summed E-state index contributed by atoms with van der Waals surface area (Å²) in [5.74, 6) is -0.437. The zero-order valence-electron chi connectivity index (χ0n) is 19.2. The molecule has 0 radical (unpaired) electrons. The zero-order valence-corrected chi connectivity index (χ0v) is 19.2. The van der Waals surface area contributed by atoms with E-state index in [1.807, 2.05) is 12.2 Å². The lowest BCUT2D eigenvalue weighted by Crippen LogP contribution is -2.49. The molecule has 5 rings (SSSR count). The first kappa shape index (κ1) is 22.9. The van der Waals surface area contributed by atoms with E-state index in [4.69, 9.17) is 0 Å². The standard InChI is InChI=1S/C22H23F3N8O2/c1-10-8-15(20(34)27-12(3)22(23,24)25)28-19-16(10)32-7-6-13(9-32)33(19)21(35)29-18-14-5-4-11(2)26-17(14)30-31-18/h4-5,8,12-13H,6-7,9H2,1-3H3,(H,27,34)(H2,26,29,30,31,35)/t12-,13+/m1/s1. The second kappa shape index (κ2) is 8.10. The van der Waals surface area contributed by atoms with E-state index < -0.39 is 24.2 Å². The third kappa shape index (κ3) is 4.00. The van der Waals surface area contributed by atoms with Crippen LogP contribution in [0.25, 0.3) is 11.0 Å². The third-order valence-electron chi connectivity index (χ3n) is 6.32. The quantitative estimate of drug-likeness (QED) is 0.521. The Bertz CT molecular complexity index is 1340. The first-order valence-corrected chi connectivity index (χ1v) is 11.1. The SMILES string of the molecule is Cc1ccc2c(NC(=O)N3c4nc(C(=O)N[C@H](C)C(F)(F)F)cc(C)c4N4CC[C@H]3C4)n[nH]c2n1. The highest BCUT2D eigenvalue weighted by Crippen LogP contribution is 2.41. The van der Waals surface area contributed by atoms with Gasteiger partial charge in [0, 0.05) is 18.8 Å². The predicted molar refractivity (Wildman–Crippen MR) is 123 cm³/mol. The Kier molecular flexibility index (Phi) is 5.29. The van der Waals surface area contributed by atoms with E-state index in [0.717, 1.165) is 12.6 Å². The van der Waals surface area contributed by atoms with Gasteiger partial charge in [-0.05, 0) is 51.0 Å². The van der Waals surface area contributed by atoms with E-state index in [1.54, 1.807) is 19.1 Å². The van der Waals surface area contributed by atoms with Gasteiger partial charge in [-0.25, -0.2) is 14.8 Å². The minimum atomic E-state index is -4.59. The maximum Gasteiger partial charge on any atom is 0.408 e. The number of rotatable bonds is 3. The van der Waals surface area contributed by atoms with Crippen molar-refractivity contribution < 1.29 is 22.8 Å². The highest BCUT2D eigenvalue weighted by atomic mass is 19.4. The molecule has 2 atom stereocenters. The van der Waals surface area contributed by atoms with Crippen LogP contribution < -0.4 is 20.4 Å². The lowest BCUT2D eigenvalue weighted by Gasteiger charge is -2.36. The lowest BCUT2D eigenvalue weighted by atomic mass is 10.1. The molecule has 5 heterocycles. The van der Waals surface area contributed by atoms with Gasteiger partial charge in [0.2, 0.25) is 0 Å². The number of pyridine rings is 2. The third-order valence-corrected chi connectivity index (χ3v) is 6.32. The smallest absolute Gasteiger partial charge is 0.366 e. The number of anilines is 3. The molecular weight excluding hydrogens is 465 g/mol. The van der Waals surface area contributed by atoms with Crippen LogP contribution in [0.4, 0.5) is 35.3 Å². The number of nitrogens with one attached hydrogen (secondary N) is 3. The van der Waals surface area contributed by atoms with Gasteiger partial charge >= 0.3 is 12.2 Å². The lowest BCUT2D eigenvalue weighted by molar-refractivity contribution is -0.149. The van der Waals surface area contributed by atoms with E-state index in [1.165, 1.54) is 11.0 Å². The molecule has 184 valence electrons. The summed E-state index contributed by atoms with van der Waals surface area (Å²) in [5, 5.41) is 12.3. The number of hydrogen-bond acceptors (Lipinski definition) is 6. The molecule has 0 saturated carbocycles. The van der Waals surface area contributed by atoms with Crippen LogP contribution in [0.5, 0.6) is 0 Å². The number of H-pyrrole nitrogens is 1. The number of aryl methyl sites for hydroxylation is 2. The fourth-order valence-electron chi connectivity index (χ4n) is 4.53. The van der Waals surface area contributed by atoms with Crippen LogP contribution in [-0.4, -0.2) is 63.5 Å². The summed E-state index contributed by atoms with van der Waals surface area (Å²) in [7, 11) is 0. The summed E-state index contributed by atoms with van der Waals surface area (Å²) in [6.07, 6.45) is -3.91. The average Bonchev–Trinajstić information content (AvgIpc) is 3.37. The van der Waals surface area contributed by atoms with E-state index in [-0.39, 0.29) is 17.6 Å². The molecule has 1 saturated heterocycles. The molecule has 2 aliphatic rings. The summed E-state index contributed by atoms with van der Waals surface area (Å²) in [4.78, 5) is 38.3. The van der Waals surface area contributed by atoms with Crippen molar-refractivity contribution in [3.8, 4) is 0 Å². The molecule has 3 aromatic rings. The van der Waals surface area contributed by atoms with Crippen LogP contribution in [0.2, 0.25) is 0 Å². The molecule has 1 fully saturated rings. The molecule has 0 unspecified atom stereocenters. The number of halogens is 3. The summed E-state index contributed by atoms with van der Waals surface area (Å²) in [5.41, 5.74) is 2.45. The van der Waals surface area contributed by atoms with Gasteiger partial charge in [-0.1, -0.05) is 0 Å². The van der Waals surface area contributed by atoms with Crippen molar-refractivity contribution in [2.45, 2.75) is 45.5 Å². The van der Waals surface area contributed by atoms with Crippen molar-refractivity contribution in [2.75, 3.05) is 28.2 Å². The number of amides is 3. The second-order valence-electron chi connectivity index (χ2n) is 8.84. The van der Waals surface area contributed by atoms with E-state index >= 15 is 0 Å². The Balaban J connectivity index is 1.49. The van der Waals surface area contributed by atoms with Gasteiger partial charge in [-0.15, -0.1) is 0 Å². The Morgan fingerprint density at radius 2 is 2.00 bits per heavy atom. The van der Waals surface area contributed by atoms with Crippen molar-refractivity contribution in [3.63, 3.8) is 0 Å². The minimum Gasteiger partial charge on any atom is -0.366 e. The van der Waals surface area contributed by atoms with E-state index in [9.17, 15) is 22.8 Å². The predicted octanol–water partition coefficient (Wildman–Crippen LogP) is 3.28. The van der Waals surface area contributed by atoms with Crippen molar-refractivity contribution in [1.29, 1.82) is 0 Å². The molecule has 0 aromatic carbocycles. The van der Waals surface area contributed by atoms with Crippen LogP contribution >= 0.6 is 0 Å². The van der Waals surface area contributed by atoms with Gasteiger partial charge in [0.25, 0.3) is 5.91 Å². The topological polar surface area (TPSA) is 119 Å². The van der Waals surface area contributed by atoms with E-state index in [0.29, 0.717) is 47.6 Å². The van der Waals surface area contributed by atoms with Crippen molar-refractivity contribution in [3.05, 3.63) is 35.2 Å². The van der Waals surface area contributed by atoms with Crippen molar-refractivity contribution in [1.82, 2.24) is 25.5 Å². The monoisotopic (exact) mass is 488 g/mol. The second-order valence-corrected chi connectivity index (χ2v) is 8.84. The van der Waals surface area contributed by atoms with Gasteiger partial charge in [-0.3, -0.25) is 20.1 Å². The molecular formula is C22H23F3N8O2. The Morgan fingerprint density at radius 1 is 1.23 bits per heavy atom. The number of urea groups is 1. The number of fused-ring (bicyclic) bond motifs is 5. The summed E-state index contributed by atoms with van der Waals surface area (Å²) in [6, 6.07) is 2.28. The number of hydrogen-bond donors (Lipinski definition) is 3. The fourth-order valence-corrected chi connectivity index (χ4v) is 4.53. The van der Waals surface area contributed by atoms with Crippen LogP contribution in [0.3, 0.4) is 0 Å². The number of carbonyl (C=O) groups is 2. The molecule has 2 aliphatic heterocycles. The van der Waals surface area contributed by atoms with Gasteiger partial charge in [0.05, 0.1) is 17.1 Å². The van der Waals surface area contributed by atoms with Crippen LogP contribution in [0.1, 0.15) is 35.1 Å². The Labute approximate surface area is 197 Å². The Hall–Kier alpha value is -3.90. The molecule has 0 aliphatic carbocycles. The van der Waals surface area contributed by atoms with Crippen LogP contribution in [0, 0.1) is 13.8 Å². The summed E-state index contributed by atoms with van der Waals surface area (Å²) < 4.78 is 38.9. The normalized spacial score (nSPS) is 17.9. The van der Waals surface area contributed by atoms with Gasteiger partial charge in [0.1, 0.15) is 11.7 Å². The maximum absolute atomic E-state index is 13.5. The molecule has 3 amide bonds. The van der Waals surface area contributed by atoms with Crippen LogP contribution in [-0.2, 0) is 0 Å². The van der Waals surface area contributed by atoms with Crippen molar-refractivity contribution >= 4 is 40.3 Å². The van der Waals surface area contributed by atoms with Crippen molar-refractivity contribution in [2.24, 2.45) is 0 Å². The van der Waals surface area contributed by atoms with Crippen LogP contribution in [0.15, 0.2) is 18.2 Å². The highest BCUT2D eigenvalue weighted by Gasteiger charge is 2.42. The molecule has 35 heavy (non-hydrogen) atoms. The number of aromatic amines is 1. The number of aromatic nitrogens is 4. The summed E-state index contributed by atoms with van der Waals surface area (Å²) >= 11 is 0. The molecule has 2 bridgehead atoms. The number of nitrogens with zero attached hydrogens (tertiary/aromatic N) is 5. The number of carbonyl (C=O) groups excluding carboxylic acids is 2. The molecule has 10 nitrogen and oxygen atoms in total. The fraction of sp³-hybridized carbons (Fsp3) is 0.409. The number of alkyl halides is 3. The Morgan fingerprint density at radius 3 is 2.74 bits per heavy atom. The van der Waals surface area contributed by atoms with E-state index in [2.05, 4.69) is 30.4 Å². The van der Waals surface area contributed by atoms with Gasteiger partial charge in [-0.2, -0.15) is 18.3 Å². The highest BCUT2D eigenvalue weighted by molar-refractivity contribution is 6.08. The first-order valence-electron chi connectivity index (χ1n) is 11.1. The molecule has 13 heteroatoms. The summed E-state index contributed by atoms with van der Waals surface area (Å²) in [6.45, 7) is 5.72. The molecule has 3 N–H and O–H groups in total. The average molecular weight is 488 g/mol. The van der Waals surface area contributed by atoms with Gasteiger partial charge in [0.15, 0.2) is 17.3 Å². The van der Waals surface area contributed by atoms with Gasteiger partial charge < -0.3 is 10.2 Å².